The molecule has 3 aromatic carbocycles. The largest absolute Gasteiger partial charge is 0.245 e. The predicted molar refractivity (Wildman–Crippen MR) is 115 cm³/mol. The van der Waals surface area contributed by atoms with Crippen LogP contribution in [0.25, 0.3) is 22.5 Å². The zero-order valence-electron chi connectivity index (χ0n) is 15.6. The van der Waals surface area contributed by atoms with Crippen LogP contribution >= 0.6 is 0 Å². The summed E-state index contributed by atoms with van der Waals surface area (Å²) in [5.74, 6) is 0.468. The highest BCUT2D eigenvalue weighted by Gasteiger charge is 2.08. The molecule has 0 aliphatic heterocycles. The van der Waals surface area contributed by atoms with Crippen LogP contribution in [0.4, 0.5) is 5.95 Å². The Bertz CT molecular complexity index is 1020. The molecule has 0 aliphatic carbocycles. The number of benzene rings is 3. The van der Waals surface area contributed by atoms with Gasteiger partial charge in [0.1, 0.15) is 0 Å². The molecule has 28 heavy (non-hydrogen) atoms. The normalized spacial score (nSPS) is 11.2. The van der Waals surface area contributed by atoms with Gasteiger partial charge in [-0.1, -0.05) is 91.0 Å². The molecule has 136 valence electrons. The lowest BCUT2D eigenvalue weighted by molar-refractivity contribution is 1.12. The summed E-state index contributed by atoms with van der Waals surface area (Å²) < 4.78 is 0. The van der Waals surface area contributed by atoms with E-state index in [0.29, 0.717) is 5.95 Å². The van der Waals surface area contributed by atoms with Crippen LogP contribution in [0.3, 0.4) is 0 Å². The number of hydrogen-bond acceptors (Lipinski definition) is 4. The first-order chi connectivity index (χ1) is 13.8. The molecule has 1 aromatic heterocycles. The molecule has 4 rings (SSSR count). The Morgan fingerprint density at radius 3 is 1.64 bits per heavy atom. The van der Waals surface area contributed by atoms with Crippen molar-refractivity contribution in [3.63, 3.8) is 0 Å². The summed E-state index contributed by atoms with van der Waals surface area (Å²) in [5.41, 5.74) is 8.73. The van der Waals surface area contributed by atoms with Crippen molar-refractivity contribution in [2.24, 2.45) is 5.10 Å². The molecule has 0 fully saturated rings. The molecule has 4 aromatic rings. The third-order valence-electron chi connectivity index (χ3n) is 4.38. The molecule has 1 heterocycles. The van der Waals surface area contributed by atoms with Gasteiger partial charge in [-0.05, 0) is 18.6 Å². The second-order valence-electron chi connectivity index (χ2n) is 6.37. The van der Waals surface area contributed by atoms with Gasteiger partial charge in [0.25, 0.3) is 0 Å². The van der Waals surface area contributed by atoms with Gasteiger partial charge in [0.05, 0.1) is 17.1 Å². The quantitative estimate of drug-likeness (QED) is 0.368. The van der Waals surface area contributed by atoms with Crippen LogP contribution in [0.15, 0.2) is 102 Å². The maximum atomic E-state index is 4.67. The minimum atomic E-state index is 0.468. The molecule has 0 spiro atoms. The molecule has 0 atom stereocenters. The summed E-state index contributed by atoms with van der Waals surface area (Å²) in [6.07, 6.45) is 0. The van der Waals surface area contributed by atoms with Crippen LogP contribution in [-0.4, -0.2) is 15.7 Å². The zero-order chi connectivity index (χ0) is 19.2. The molecule has 1 N–H and O–H groups in total. The lowest BCUT2D eigenvalue weighted by atomic mass is 10.1. The Labute approximate surface area is 164 Å². The van der Waals surface area contributed by atoms with Crippen LogP contribution < -0.4 is 5.43 Å². The fourth-order valence-corrected chi connectivity index (χ4v) is 2.89. The SMILES string of the molecule is C/C(=N/Nc1nc(-c2ccccc2)cc(-c2ccccc2)n1)c1ccccc1. The van der Waals surface area contributed by atoms with Crippen molar-refractivity contribution >= 4 is 11.7 Å². The van der Waals surface area contributed by atoms with Crippen LogP contribution in [0, 0.1) is 0 Å². The zero-order valence-corrected chi connectivity index (χ0v) is 15.6. The fourth-order valence-electron chi connectivity index (χ4n) is 2.89. The lowest BCUT2D eigenvalue weighted by Crippen LogP contribution is -2.03. The summed E-state index contributed by atoms with van der Waals surface area (Å²) in [6.45, 7) is 1.96. The summed E-state index contributed by atoms with van der Waals surface area (Å²) in [4.78, 5) is 9.33. The van der Waals surface area contributed by atoms with E-state index in [-0.39, 0.29) is 0 Å². The number of hydrogen-bond donors (Lipinski definition) is 1. The Morgan fingerprint density at radius 2 is 1.14 bits per heavy atom. The van der Waals surface area contributed by atoms with Crippen molar-refractivity contribution in [1.29, 1.82) is 0 Å². The van der Waals surface area contributed by atoms with Crippen molar-refractivity contribution in [1.82, 2.24) is 9.97 Å². The second kappa shape index (κ2) is 8.27. The van der Waals surface area contributed by atoms with Crippen molar-refractivity contribution in [3.05, 3.63) is 103 Å². The van der Waals surface area contributed by atoms with Gasteiger partial charge in [-0.2, -0.15) is 5.10 Å². The highest BCUT2D eigenvalue weighted by molar-refractivity contribution is 5.98. The highest BCUT2D eigenvalue weighted by Crippen LogP contribution is 2.25. The Balaban J connectivity index is 1.72. The molecule has 0 bridgehead atoms. The van der Waals surface area contributed by atoms with E-state index in [2.05, 4.69) is 20.5 Å². The van der Waals surface area contributed by atoms with Crippen molar-refractivity contribution in [2.75, 3.05) is 5.43 Å². The molecule has 0 aliphatic rings. The van der Waals surface area contributed by atoms with Crippen LogP contribution in [0.2, 0.25) is 0 Å². The van der Waals surface area contributed by atoms with E-state index in [1.54, 1.807) is 0 Å². The first-order valence-corrected chi connectivity index (χ1v) is 9.15. The first-order valence-electron chi connectivity index (χ1n) is 9.15. The van der Waals surface area contributed by atoms with Gasteiger partial charge in [0.2, 0.25) is 5.95 Å². The summed E-state index contributed by atoms with van der Waals surface area (Å²) in [5, 5.41) is 4.48. The molecule has 0 saturated carbocycles. The van der Waals surface area contributed by atoms with Gasteiger partial charge >= 0.3 is 0 Å². The third kappa shape index (κ3) is 4.13. The minimum Gasteiger partial charge on any atom is -0.245 e. The molecule has 0 saturated heterocycles. The fraction of sp³-hybridized carbons (Fsp3) is 0.0417. The maximum absolute atomic E-state index is 4.67. The van der Waals surface area contributed by atoms with Gasteiger partial charge in [-0.25, -0.2) is 15.4 Å². The van der Waals surface area contributed by atoms with Crippen molar-refractivity contribution < 1.29 is 0 Å². The van der Waals surface area contributed by atoms with E-state index in [1.165, 1.54) is 0 Å². The van der Waals surface area contributed by atoms with E-state index < -0.39 is 0 Å². The Hall–Kier alpha value is -3.79. The van der Waals surface area contributed by atoms with E-state index in [1.807, 2.05) is 104 Å². The molecular weight excluding hydrogens is 344 g/mol. The smallest absolute Gasteiger partial charge is 0.244 e. The second-order valence-corrected chi connectivity index (χ2v) is 6.37. The Kier molecular flexibility index (Phi) is 5.20. The van der Waals surface area contributed by atoms with E-state index in [9.17, 15) is 0 Å². The van der Waals surface area contributed by atoms with E-state index in [4.69, 9.17) is 0 Å². The third-order valence-corrected chi connectivity index (χ3v) is 4.38. The topological polar surface area (TPSA) is 50.2 Å². The number of rotatable bonds is 5. The number of nitrogens with one attached hydrogen (secondary N) is 1. The molecular formula is C24H20N4. The average molecular weight is 364 g/mol. The van der Waals surface area contributed by atoms with E-state index >= 15 is 0 Å². The van der Waals surface area contributed by atoms with E-state index in [0.717, 1.165) is 33.8 Å². The van der Waals surface area contributed by atoms with Crippen LogP contribution in [-0.2, 0) is 0 Å². The van der Waals surface area contributed by atoms with Crippen molar-refractivity contribution in [2.45, 2.75) is 6.92 Å². The van der Waals surface area contributed by atoms with Gasteiger partial charge in [-0.3, -0.25) is 0 Å². The molecule has 4 heteroatoms. The molecule has 0 radical (unpaired) electrons. The van der Waals surface area contributed by atoms with Crippen molar-refractivity contribution in [3.8, 4) is 22.5 Å². The molecule has 0 unspecified atom stereocenters. The summed E-state index contributed by atoms with van der Waals surface area (Å²) in [6, 6.07) is 32.2. The predicted octanol–water partition coefficient (Wildman–Crippen LogP) is 5.65. The number of aromatic nitrogens is 2. The van der Waals surface area contributed by atoms with Gasteiger partial charge < -0.3 is 0 Å². The minimum absolute atomic E-state index is 0.468. The van der Waals surface area contributed by atoms with Gasteiger partial charge in [-0.15, -0.1) is 0 Å². The molecule has 4 nitrogen and oxygen atoms in total. The lowest BCUT2D eigenvalue weighted by Gasteiger charge is -2.09. The first kappa shape index (κ1) is 17.6. The number of anilines is 1. The molecule has 0 amide bonds. The van der Waals surface area contributed by atoms with Gasteiger partial charge in [0.15, 0.2) is 0 Å². The standard InChI is InChI=1S/C24H20N4/c1-18(19-11-5-2-6-12-19)27-28-24-25-22(20-13-7-3-8-14-20)17-23(26-24)21-15-9-4-10-16-21/h2-17H,1H3,(H,25,26,28)/b27-18-. The van der Waals surface area contributed by atoms with Crippen LogP contribution in [0.1, 0.15) is 12.5 Å². The maximum Gasteiger partial charge on any atom is 0.244 e. The average Bonchev–Trinajstić information content (AvgIpc) is 2.79. The summed E-state index contributed by atoms with van der Waals surface area (Å²) >= 11 is 0. The monoisotopic (exact) mass is 364 g/mol. The highest BCUT2D eigenvalue weighted by atomic mass is 15.4. The van der Waals surface area contributed by atoms with Crippen LogP contribution in [0.5, 0.6) is 0 Å². The summed E-state index contributed by atoms with van der Waals surface area (Å²) in [7, 11) is 0. The van der Waals surface area contributed by atoms with Gasteiger partial charge in [0, 0.05) is 11.1 Å². The Morgan fingerprint density at radius 1 is 0.679 bits per heavy atom. The number of nitrogens with zero attached hydrogens (tertiary/aromatic N) is 3. The number of hydrazone groups is 1.